The summed E-state index contributed by atoms with van der Waals surface area (Å²) in [7, 11) is 0. The van der Waals surface area contributed by atoms with Crippen LogP contribution >= 0.6 is 11.6 Å². The van der Waals surface area contributed by atoms with Gasteiger partial charge in [-0.15, -0.1) is 0 Å². The second kappa shape index (κ2) is 6.21. The van der Waals surface area contributed by atoms with E-state index in [4.69, 9.17) is 11.6 Å². The van der Waals surface area contributed by atoms with Gasteiger partial charge in [-0.2, -0.15) is 5.10 Å². The third kappa shape index (κ3) is 2.65. The molecule has 0 atom stereocenters. The van der Waals surface area contributed by atoms with Gasteiger partial charge in [0.05, 0.1) is 10.5 Å². The van der Waals surface area contributed by atoms with Crippen molar-refractivity contribution in [2.24, 2.45) is 0 Å². The Hall–Kier alpha value is -3.06. The predicted molar refractivity (Wildman–Crippen MR) is 86.0 cm³/mol. The van der Waals surface area contributed by atoms with Crippen molar-refractivity contribution in [1.29, 1.82) is 0 Å². The minimum Gasteiger partial charge on any atom is -0.298 e. The normalized spacial score (nSPS) is 10.6. The quantitative estimate of drug-likeness (QED) is 0.406. The highest BCUT2D eigenvalue weighted by Gasteiger charge is 2.21. The molecule has 0 amide bonds. The SMILES string of the molecule is O=Cc1c(-c2cccc([N+](=O)[O-])c2)nn(-c2ccccc2F)c1Cl. The summed E-state index contributed by atoms with van der Waals surface area (Å²) < 4.78 is 15.1. The van der Waals surface area contributed by atoms with Gasteiger partial charge < -0.3 is 0 Å². The highest BCUT2D eigenvalue weighted by atomic mass is 35.5. The minimum atomic E-state index is -0.565. The molecule has 120 valence electrons. The van der Waals surface area contributed by atoms with E-state index in [1.807, 2.05) is 0 Å². The molecular formula is C16H9ClFN3O3. The predicted octanol–water partition coefficient (Wildman–Crippen LogP) is 4.05. The molecule has 1 heterocycles. The molecule has 0 spiro atoms. The molecule has 0 saturated heterocycles. The standard InChI is InChI=1S/C16H9ClFN3O3/c17-16-12(9-22)15(10-4-3-5-11(8-10)21(23)24)19-20(16)14-7-2-1-6-13(14)18/h1-9H. The molecule has 0 N–H and O–H groups in total. The van der Waals surface area contributed by atoms with Gasteiger partial charge in [0.25, 0.3) is 5.69 Å². The van der Waals surface area contributed by atoms with E-state index in [0.717, 1.165) is 4.68 Å². The molecular weight excluding hydrogens is 337 g/mol. The van der Waals surface area contributed by atoms with Crippen molar-refractivity contribution in [3.8, 4) is 16.9 Å². The Morgan fingerprint density at radius 1 is 1.21 bits per heavy atom. The number of nitrogens with zero attached hydrogens (tertiary/aromatic N) is 3. The first-order chi connectivity index (χ1) is 11.5. The van der Waals surface area contributed by atoms with Crippen molar-refractivity contribution in [2.45, 2.75) is 0 Å². The number of benzene rings is 2. The molecule has 3 aromatic rings. The minimum absolute atomic E-state index is 0.0282. The summed E-state index contributed by atoms with van der Waals surface area (Å²) in [4.78, 5) is 21.8. The summed E-state index contributed by atoms with van der Waals surface area (Å²) in [6, 6.07) is 11.4. The average molecular weight is 346 g/mol. The molecule has 3 rings (SSSR count). The molecule has 1 aromatic heterocycles. The number of aldehydes is 1. The van der Waals surface area contributed by atoms with Crippen molar-refractivity contribution in [1.82, 2.24) is 9.78 Å². The monoisotopic (exact) mass is 345 g/mol. The number of aromatic nitrogens is 2. The lowest BCUT2D eigenvalue weighted by atomic mass is 10.1. The molecule has 0 bridgehead atoms. The second-order valence-corrected chi connectivity index (χ2v) is 5.20. The first-order valence-electron chi connectivity index (χ1n) is 6.76. The number of para-hydroxylation sites is 1. The van der Waals surface area contributed by atoms with Crippen molar-refractivity contribution >= 4 is 23.6 Å². The van der Waals surface area contributed by atoms with Gasteiger partial charge in [0.15, 0.2) is 6.29 Å². The number of halogens is 2. The van der Waals surface area contributed by atoms with Gasteiger partial charge in [-0.25, -0.2) is 9.07 Å². The fourth-order valence-electron chi connectivity index (χ4n) is 2.28. The molecule has 6 nitrogen and oxygen atoms in total. The number of carbonyl (C=O) groups excluding carboxylic acids is 1. The fraction of sp³-hybridized carbons (Fsp3) is 0. The molecule has 0 unspecified atom stereocenters. The van der Waals surface area contributed by atoms with Crippen LogP contribution in [0.1, 0.15) is 10.4 Å². The van der Waals surface area contributed by atoms with E-state index in [1.54, 1.807) is 12.1 Å². The molecule has 0 radical (unpaired) electrons. The zero-order chi connectivity index (χ0) is 17.3. The molecule has 0 aliphatic carbocycles. The van der Waals surface area contributed by atoms with Crippen molar-refractivity contribution < 1.29 is 14.1 Å². The maximum atomic E-state index is 14.0. The summed E-state index contributed by atoms with van der Waals surface area (Å²) in [5.74, 6) is -0.565. The Kier molecular flexibility index (Phi) is 4.09. The smallest absolute Gasteiger partial charge is 0.270 e. The zero-order valence-corrected chi connectivity index (χ0v) is 12.8. The molecule has 0 aliphatic rings. The van der Waals surface area contributed by atoms with Gasteiger partial charge in [-0.3, -0.25) is 14.9 Å². The summed E-state index contributed by atoms with van der Waals surface area (Å²) in [5, 5.41) is 15.0. The highest BCUT2D eigenvalue weighted by molar-refractivity contribution is 6.32. The maximum absolute atomic E-state index is 14.0. The molecule has 0 saturated carbocycles. The van der Waals surface area contributed by atoms with E-state index in [1.165, 1.54) is 36.4 Å². The van der Waals surface area contributed by atoms with Crippen LogP contribution in [-0.2, 0) is 0 Å². The Labute approximate surface area is 140 Å². The summed E-state index contributed by atoms with van der Waals surface area (Å²) in [6.07, 6.45) is 0.487. The van der Waals surface area contributed by atoms with Gasteiger partial charge in [-0.1, -0.05) is 35.9 Å². The zero-order valence-electron chi connectivity index (χ0n) is 12.0. The first kappa shape index (κ1) is 15.8. The maximum Gasteiger partial charge on any atom is 0.270 e. The van der Waals surface area contributed by atoms with Crippen molar-refractivity contribution in [3.63, 3.8) is 0 Å². The van der Waals surface area contributed by atoms with Crippen LogP contribution in [0.5, 0.6) is 0 Å². The van der Waals surface area contributed by atoms with Crippen LogP contribution in [0.25, 0.3) is 16.9 Å². The average Bonchev–Trinajstić information content (AvgIpc) is 2.92. The van der Waals surface area contributed by atoms with Gasteiger partial charge in [-0.05, 0) is 12.1 Å². The Morgan fingerprint density at radius 2 is 1.96 bits per heavy atom. The van der Waals surface area contributed by atoms with Crippen LogP contribution in [0.4, 0.5) is 10.1 Å². The van der Waals surface area contributed by atoms with Crippen LogP contribution in [0.15, 0.2) is 48.5 Å². The topological polar surface area (TPSA) is 78.0 Å². The van der Waals surface area contributed by atoms with Crippen LogP contribution in [0, 0.1) is 15.9 Å². The van der Waals surface area contributed by atoms with E-state index in [9.17, 15) is 19.3 Å². The molecule has 0 aliphatic heterocycles. The van der Waals surface area contributed by atoms with Crippen molar-refractivity contribution in [2.75, 3.05) is 0 Å². The number of nitro benzene ring substituents is 1. The number of carbonyl (C=O) groups is 1. The number of nitro groups is 1. The van der Waals surface area contributed by atoms with E-state index in [0.29, 0.717) is 11.8 Å². The number of non-ortho nitro benzene ring substituents is 1. The summed E-state index contributed by atoms with van der Waals surface area (Å²) in [6.45, 7) is 0. The summed E-state index contributed by atoms with van der Waals surface area (Å²) in [5.41, 5.74) is 0.425. The Bertz CT molecular complexity index is 955. The third-order valence-corrected chi connectivity index (χ3v) is 3.76. The molecule has 2 aromatic carbocycles. The lowest BCUT2D eigenvalue weighted by molar-refractivity contribution is -0.384. The van der Waals surface area contributed by atoms with E-state index >= 15 is 0 Å². The number of rotatable bonds is 4. The van der Waals surface area contributed by atoms with Crippen LogP contribution < -0.4 is 0 Å². The van der Waals surface area contributed by atoms with Gasteiger partial charge in [0, 0.05) is 17.7 Å². The lowest BCUT2D eigenvalue weighted by Crippen LogP contribution is -1.99. The van der Waals surface area contributed by atoms with Crippen LogP contribution in [-0.4, -0.2) is 21.0 Å². The Balaban J connectivity index is 2.22. The van der Waals surface area contributed by atoms with Crippen LogP contribution in [0.2, 0.25) is 5.15 Å². The molecule has 24 heavy (non-hydrogen) atoms. The summed E-state index contributed by atoms with van der Waals surface area (Å²) >= 11 is 6.16. The van der Waals surface area contributed by atoms with Gasteiger partial charge >= 0.3 is 0 Å². The molecule has 0 fully saturated rings. The van der Waals surface area contributed by atoms with Gasteiger partial charge in [0.1, 0.15) is 22.4 Å². The Morgan fingerprint density at radius 3 is 2.62 bits per heavy atom. The van der Waals surface area contributed by atoms with E-state index in [-0.39, 0.29) is 27.8 Å². The highest BCUT2D eigenvalue weighted by Crippen LogP contribution is 2.31. The lowest BCUT2D eigenvalue weighted by Gasteiger charge is -2.03. The fourth-order valence-corrected chi connectivity index (χ4v) is 2.54. The number of hydrogen-bond acceptors (Lipinski definition) is 4. The number of hydrogen-bond donors (Lipinski definition) is 0. The second-order valence-electron chi connectivity index (χ2n) is 4.84. The van der Waals surface area contributed by atoms with E-state index < -0.39 is 10.7 Å². The van der Waals surface area contributed by atoms with Crippen molar-refractivity contribution in [3.05, 3.63) is 75.2 Å². The van der Waals surface area contributed by atoms with Crippen LogP contribution in [0.3, 0.4) is 0 Å². The van der Waals surface area contributed by atoms with Gasteiger partial charge in [0.2, 0.25) is 0 Å². The molecule has 8 heteroatoms. The largest absolute Gasteiger partial charge is 0.298 e. The first-order valence-corrected chi connectivity index (χ1v) is 7.14. The third-order valence-electron chi connectivity index (χ3n) is 3.39. The van der Waals surface area contributed by atoms with E-state index in [2.05, 4.69) is 5.10 Å².